The fraction of sp³-hybridized carbons (Fsp3) is 0.238. The molecule has 0 unspecified atom stereocenters. The molecule has 7 nitrogen and oxygen atoms in total. The monoisotopic (exact) mass is 411 g/mol. The van der Waals surface area contributed by atoms with Gasteiger partial charge in [-0.25, -0.2) is 4.98 Å². The highest BCUT2D eigenvalue weighted by Gasteiger charge is 2.16. The van der Waals surface area contributed by atoms with Gasteiger partial charge in [0, 0.05) is 18.9 Å². The van der Waals surface area contributed by atoms with Crippen molar-refractivity contribution in [2.24, 2.45) is 0 Å². The summed E-state index contributed by atoms with van der Waals surface area (Å²) in [5.74, 6) is 0.341. The summed E-state index contributed by atoms with van der Waals surface area (Å²) in [6.45, 7) is 2.10. The first-order valence-corrected chi connectivity index (χ1v) is 9.44. The summed E-state index contributed by atoms with van der Waals surface area (Å²) in [6, 6.07) is 11.9. The van der Waals surface area contributed by atoms with Crippen molar-refractivity contribution in [2.75, 3.05) is 6.61 Å². The largest absolute Gasteiger partial charge is 0.490 e. The molecule has 0 bridgehead atoms. The van der Waals surface area contributed by atoms with E-state index in [0.29, 0.717) is 41.7 Å². The zero-order valence-electron chi connectivity index (χ0n) is 15.7. The molecule has 1 aromatic heterocycles. The molecule has 0 atom stereocenters. The maximum absolute atomic E-state index is 12.3. The van der Waals surface area contributed by atoms with E-state index in [9.17, 15) is 9.59 Å². The minimum atomic E-state index is -0.499. The number of para-hydroxylation sites is 1. The molecule has 0 amide bonds. The molecule has 0 saturated heterocycles. The van der Waals surface area contributed by atoms with E-state index < -0.39 is 5.97 Å². The molecule has 0 radical (unpaired) electrons. The zero-order valence-corrected chi connectivity index (χ0v) is 16.5. The fourth-order valence-corrected chi connectivity index (χ4v) is 3.06. The first-order valence-electron chi connectivity index (χ1n) is 9.07. The number of H-pyrrole nitrogens is 1. The number of nitrogens with zero attached hydrogens (tertiary/aromatic N) is 2. The standard InChI is InChI=1S/C21H18ClN3O4/c1-2-28-17-11-13(12-23)10-15(22)20(17)29-19(26)9-5-8-18-24-16-7-4-3-6-14(16)21(27)25-18/h3-4,6-7,10-11H,2,5,8-9H2,1H3,(H,24,25,27). The SMILES string of the molecule is CCOc1cc(C#N)cc(Cl)c1OC(=O)CCCc1nc2ccccc2c(=O)[nH]1. The van der Waals surface area contributed by atoms with E-state index >= 15 is 0 Å². The molecule has 8 heteroatoms. The van der Waals surface area contributed by atoms with E-state index in [1.165, 1.54) is 12.1 Å². The molecule has 0 fully saturated rings. The summed E-state index contributed by atoms with van der Waals surface area (Å²) in [7, 11) is 0. The first-order chi connectivity index (χ1) is 14.0. The van der Waals surface area contributed by atoms with E-state index in [2.05, 4.69) is 9.97 Å². The number of fused-ring (bicyclic) bond motifs is 1. The molecule has 1 heterocycles. The number of hydrogen-bond acceptors (Lipinski definition) is 6. The number of halogens is 1. The molecule has 1 N–H and O–H groups in total. The van der Waals surface area contributed by atoms with Crippen LogP contribution in [0.5, 0.6) is 11.5 Å². The molecule has 29 heavy (non-hydrogen) atoms. The van der Waals surface area contributed by atoms with Gasteiger partial charge in [-0.3, -0.25) is 9.59 Å². The topological polar surface area (TPSA) is 105 Å². The number of ether oxygens (including phenoxy) is 2. The average Bonchev–Trinajstić information content (AvgIpc) is 2.70. The van der Waals surface area contributed by atoms with Crippen molar-refractivity contribution in [3.8, 4) is 17.6 Å². The fourth-order valence-electron chi connectivity index (χ4n) is 2.81. The maximum Gasteiger partial charge on any atom is 0.311 e. The van der Waals surface area contributed by atoms with E-state index in [4.69, 9.17) is 26.3 Å². The maximum atomic E-state index is 12.3. The Morgan fingerprint density at radius 1 is 1.31 bits per heavy atom. The van der Waals surface area contributed by atoms with Gasteiger partial charge < -0.3 is 14.5 Å². The van der Waals surface area contributed by atoms with Gasteiger partial charge in [0.15, 0.2) is 11.5 Å². The quantitative estimate of drug-likeness (QED) is 0.468. The summed E-state index contributed by atoms with van der Waals surface area (Å²) in [5, 5.41) is 9.68. The van der Waals surface area contributed by atoms with E-state index in [0.717, 1.165) is 0 Å². The number of carbonyl (C=O) groups excluding carboxylic acids is 1. The minimum Gasteiger partial charge on any atom is -0.490 e. The van der Waals surface area contributed by atoms with Crippen LogP contribution in [0.15, 0.2) is 41.2 Å². The van der Waals surface area contributed by atoms with Crippen LogP contribution in [-0.4, -0.2) is 22.5 Å². The Hall–Kier alpha value is -3.37. The Balaban J connectivity index is 1.65. The van der Waals surface area contributed by atoms with Crippen LogP contribution < -0.4 is 15.0 Å². The number of nitrogens with one attached hydrogen (secondary N) is 1. The molecule has 0 spiro atoms. The number of rotatable bonds is 7. The summed E-state index contributed by atoms with van der Waals surface area (Å²) in [5.41, 5.74) is 0.711. The Labute approximate surface area is 171 Å². The number of nitriles is 1. The molecular formula is C21H18ClN3O4. The normalized spacial score (nSPS) is 10.5. The van der Waals surface area contributed by atoms with Crippen LogP contribution in [0.3, 0.4) is 0 Å². The lowest BCUT2D eigenvalue weighted by molar-refractivity contribution is -0.134. The van der Waals surface area contributed by atoms with Gasteiger partial charge in [0.1, 0.15) is 5.82 Å². The molecule has 3 rings (SSSR count). The van der Waals surface area contributed by atoms with Crippen molar-refractivity contribution in [3.63, 3.8) is 0 Å². The lowest BCUT2D eigenvalue weighted by atomic mass is 10.2. The predicted octanol–water partition coefficient (Wildman–Crippen LogP) is 3.78. The van der Waals surface area contributed by atoms with Gasteiger partial charge in [-0.2, -0.15) is 5.26 Å². The van der Waals surface area contributed by atoms with Gasteiger partial charge in [-0.1, -0.05) is 23.7 Å². The molecule has 0 aliphatic heterocycles. The van der Waals surface area contributed by atoms with Crippen LogP contribution >= 0.6 is 11.6 Å². The molecule has 0 saturated carbocycles. The molecular weight excluding hydrogens is 394 g/mol. The van der Waals surface area contributed by atoms with Crippen LogP contribution in [0.4, 0.5) is 0 Å². The van der Waals surface area contributed by atoms with Gasteiger partial charge in [-0.05, 0) is 31.5 Å². The van der Waals surface area contributed by atoms with Crippen molar-refractivity contribution in [2.45, 2.75) is 26.2 Å². The van der Waals surface area contributed by atoms with Crippen molar-refractivity contribution < 1.29 is 14.3 Å². The van der Waals surface area contributed by atoms with Crippen LogP contribution in [-0.2, 0) is 11.2 Å². The predicted molar refractivity (Wildman–Crippen MR) is 108 cm³/mol. The van der Waals surface area contributed by atoms with E-state index in [-0.39, 0.29) is 28.5 Å². The number of aromatic nitrogens is 2. The number of aromatic amines is 1. The first kappa shape index (κ1) is 20.4. The van der Waals surface area contributed by atoms with Crippen molar-refractivity contribution in [1.29, 1.82) is 5.26 Å². The smallest absolute Gasteiger partial charge is 0.311 e. The third kappa shape index (κ3) is 4.92. The summed E-state index contributed by atoms with van der Waals surface area (Å²) in [6.07, 6.45) is 0.936. The van der Waals surface area contributed by atoms with Gasteiger partial charge in [-0.15, -0.1) is 0 Å². The molecule has 2 aromatic carbocycles. The van der Waals surface area contributed by atoms with Gasteiger partial charge in [0.05, 0.1) is 34.2 Å². The van der Waals surface area contributed by atoms with Crippen LogP contribution in [0.2, 0.25) is 5.02 Å². The van der Waals surface area contributed by atoms with E-state index in [1.54, 1.807) is 25.1 Å². The number of esters is 1. The molecule has 0 aliphatic carbocycles. The second-order valence-corrected chi connectivity index (χ2v) is 6.59. The number of benzene rings is 2. The van der Waals surface area contributed by atoms with Crippen molar-refractivity contribution >= 4 is 28.5 Å². The molecule has 148 valence electrons. The number of aryl methyl sites for hydroxylation is 1. The van der Waals surface area contributed by atoms with Crippen molar-refractivity contribution in [3.05, 3.63) is 63.2 Å². The molecule has 0 aliphatic rings. The summed E-state index contributed by atoms with van der Waals surface area (Å²) in [4.78, 5) is 31.5. The highest BCUT2D eigenvalue weighted by molar-refractivity contribution is 6.32. The highest BCUT2D eigenvalue weighted by atomic mass is 35.5. The lowest BCUT2D eigenvalue weighted by Crippen LogP contribution is -2.13. The van der Waals surface area contributed by atoms with Gasteiger partial charge in [0.25, 0.3) is 5.56 Å². The Kier molecular flexibility index (Phi) is 6.47. The second-order valence-electron chi connectivity index (χ2n) is 6.19. The third-order valence-electron chi connectivity index (χ3n) is 4.11. The van der Waals surface area contributed by atoms with Gasteiger partial charge >= 0.3 is 5.97 Å². The van der Waals surface area contributed by atoms with Crippen molar-refractivity contribution in [1.82, 2.24) is 9.97 Å². The average molecular weight is 412 g/mol. The molecule has 3 aromatic rings. The summed E-state index contributed by atoms with van der Waals surface area (Å²) < 4.78 is 10.8. The van der Waals surface area contributed by atoms with Gasteiger partial charge in [0.2, 0.25) is 0 Å². The number of carbonyl (C=O) groups is 1. The summed E-state index contributed by atoms with van der Waals surface area (Å²) >= 11 is 6.14. The zero-order chi connectivity index (χ0) is 20.8. The lowest BCUT2D eigenvalue weighted by Gasteiger charge is -2.12. The number of hydrogen-bond donors (Lipinski definition) is 1. The van der Waals surface area contributed by atoms with Crippen LogP contribution in [0.25, 0.3) is 10.9 Å². The van der Waals surface area contributed by atoms with Crippen LogP contribution in [0.1, 0.15) is 31.2 Å². The Morgan fingerprint density at radius 3 is 2.86 bits per heavy atom. The van der Waals surface area contributed by atoms with E-state index in [1.807, 2.05) is 12.1 Å². The Bertz CT molecular complexity index is 1150. The minimum absolute atomic E-state index is 0.0924. The Morgan fingerprint density at radius 2 is 2.10 bits per heavy atom. The third-order valence-corrected chi connectivity index (χ3v) is 4.39. The highest BCUT2D eigenvalue weighted by Crippen LogP contribution is 2.36. The second kappa shape index (κ2) is 9.22. The van der Waals surface area contributed by atoms with Crippen LogP contribution in [0, 0.1) is 11.3 Å².